The quantitative estimate of drug-likeness (QED) is 0.536. The van der Waals surface area contributed by atoms with Gasteiger partial charge in [0.05, 0.1) is 26.4 Å². The van der Waals surface area contributed by atoms with Gasteiger partial charge in [-0.15, -0.1) is 17.8 Å². The van der Waals surface area contributed by atoms with E-state index in [0.717, 1.165) is 11.4 Å². The van der Waals surface area contributed by atoms with E-state index >= 15 is 0 Å². The Morgan fingerprint density at radius 1 is 1.19 bits per heavy atom. The molecular weight excluding hydrogens is 444 g/mol. The number of piperazine rings is 1. The fourth-order valence-corrected chi connectivity index (χ4v) is 6.78. The molecule has 4 rings (SSSR count). The summed E-state index contributed by atoms with van der Waals surface area (Å²) in [5.74, 6) is 2.99. The number of carbonyl (C=O) groups excluding carboxylic acids is 1. The molecule has 0 saturated carbocycles. The average molecular weight is 469 g/mol. The molecule has 7 nitrogen and oxygen atoms in total. The maximum absolute atomic E-state index is 13.0. The number of amides is 1. The first kappa shape index (κ1) is 22.2. The van der Waals surface area contributed by atoms with Gasteiger partial charge in [-0.1, -0.05) is 12.0 Å². The second-order valence-corrected chi connectivity index (χ2v) is 10.9. The summed E-state index contributed by atoms with van der Waals surface area (Å²) in [6, 6.07) is 8.64. The summed E-state index contributed by atoms with van der Waals surface area (Å²) in [5.41, 5.74) is 3.01. The Kier molecular flexibility index (Phi) is 6.17. The molecule has 0 N–H and O–H groups in total. The molecule has 1 aliphatic rings. The zero-order valence-corrected chi connectivity index (χ0v) is 19.6. The van der Waals surface area contributed by atoms with Gasteiger partial charge in [-0.3, -0.25) is 4.79 Å². The zero-order chi connectivity index (χ0) is 22.9. The van der Waals surface area contributed by atoms with Crippen molar-refractivity contribution in [2.24, 2.45) is 0 Å². The number of hydrogen-bond acceptors (Lipinski definition) is 7. The van der Waals surface area contributed by atoms with Crippen LogP contribution in [0.1, 0.15) is 25.8 Å². The van der Waals surface area contributed by atoms with Crippen LogP contribution in [0.25, 0.3) is 10.2 Å². The van der Waals surface area contributed by atoms with Crippen molar-refractivity contribution >= 4 is 43.1 Å². The second-order valence-electron chi connectivity index (χ2n) is 7.98. The van der Waals surface area contributed by atoms with Crippen molar-refractivity contribution in [3.63, 3.8) is 0 Å². The number of hydrogen-bond donors (Lipinski definition) is 0. The summed E-state index contributed by atoms with van der Waals surface area (Å²) in [7, 11) is -3.60. The Morgan fingerprint density at radius 2 is 1.94 bits per heavy atom. The number of terminal acetylenes is 1. The van der Waals surface area contributed by atoms with Crippen LogP contribution in [0.3, 0.4) is 0 Å². The number of fused-ring (bicyclic) bond motifs is 1. The van der Waals surface area contributed by atoms with Crippen molar-refractivity contribution in [2.75, 3.05) is 23.7 Å². The largest absolute Gasteiger partial charge is 0.353 e. The molecule has 0 bridgehead atoms. The Balaban J connectivity index is 1.43. The highest BCUT2D eigenvalue weighted by molar-refractivity contribution is 7.91. The second kappa shape index (κ2) is 8.88. The number of rotatable bonds is 5. The normalized spacial score (nSPS) is 19.2. The van der Waals surface area contributed by atoms with E-state index in [9.17, 15) is 13.2 Å². The van der Waals surface area contributed by atoms with Gasteiger partial charge in [0.25, 0.3) is 0 Å². The average Bonchev–Trinajstić information content (AvgIpc) is 3.26. The lowest BCUT2D eigenvalue weighted by Gasteiger charge is -2.45. The molecule has 9 heteroatoms. The lowest BCUT2D eigenvalue weighted by atomic mass is 10.1. The Bertz CT molecular complexity index is 1270. The zero-order valence-electron chi connectivity index (χ0n) is 17.9. The molecule has 3 aromatic rings. The van der Waals surface area contributed by atoms with Gasteiger partial charge in [-0.25, -0.2) is 18.4 Å². The van der Waals surface area contributed by atoms with Crippen LogP contribution in [0.15, 0.2) is 46.9 Å². The molecule has 2 aromatic heterocycles. The van der Waals surface area contributed by atoms with Crippen LogP contribution in [0.5, 0.6) is 0 Å². The molecule has 1 aromatic carbocycles. The van der Waals surface area contributed by atoms with Crippen molar-refractivity contribution < 1.29 is 13.2 Å². The molecule has 0 aliphatic carbocycles. The van der Waals surface area contributed by atoms with Gasteiger partial charge < -0.3 is 9.80 Å². The van der Waals surface area contributed by atoms with Crippen molar-refractivity contribution in [3.05, 3.63) is 47.6 Å². The van der Waals surface area contributed by atoms with Crippen LogP contribution in [-0.4, -0.2) is 60.1 Å². The van der Waals surface area contributed by atoms with E-state index in [0.29, 0.717) is 23.3 Å². The van der Waals surface area contributed by atoms with E-state index in [1.807, 2.05) is 26.0 Å². The highest BCUT2D eigenvalue weighted by Crippen LogP contribution is 2.28. The van der Waals surface area contributed by atoms with E-state index < -0.39 is 9.84 Å². The maximum atomic E-state index is 13.0. The lowest BCUT2D eigenvalue weighted by Crippen LogP contribution is -2.59. The molecule has 2 unspecified atom stereocenters. The fraction of sp³-hybridized carbons (Fsp3) is 0.348. The minimum absolute atomic E-state index is 0.0542. The Morgan fingerprint density at radius 3 is 2.59 bits per heavy atom. The van der Waals surface area contributed by atoms with E-state index in [-0.39, 0.29) is 35.1 Å². The van der Waals surface area contributed by atoms with Crippen LogP contribution < -0.4 is 4.90 Å². The minimum Gasteiger partial charge on any atom is -0.353 e. The van der Waals surface area contributed by atoms with Crippen LogP contribution in [0.2, 0.25) is 0 Å². The van der Waals surface area contributed by atoms with E-state index in [2.05, 4.69) is 20.8 Å². The van der Waals surface area contributed by atoms with Crippen LogP contribution in [0.4, 0.5) is 5.82 Å². The predicted octanol–water partition coefficient (Wildman–Crippen LogP) is 2.96. The van der Waals surface area contributed by atoms with Crippen LogP contribution in [-0.2, 0) is 14.6 Å². The summed E-state index contributed by atoms with van der Waals surface area (Å²) in [4.78, 5) is 25.8. The van der Waals surface area contributed by atoms with Gasteiger partial charge in [-0.05, 0) is 38.1 Å². The first-order valence-corrected chi connectivity index (χ1v) is 12.9. The van der Waals surface area contributed by atoms with Gasteiger partial charge in [0, 0.05) is 43.4 Å². The summed E-state index contributed by atoms with van der Waals surface area (Å²) in [6.45, 7) is 5.18. The molecule has 3 heterocycles. The van der Waals surface area contributed by atoms with Crippen LogP contribution >= 0.6 is 11.3 Å². The molecule has 166 valence electrons. The van der Waals surface area contributed by atoms with Crippen molar-refractivity contribution in [1.82, 2.24) is 14.9 Å². The van der Waals surface area contributed by atoms with Crippen molar-refractivity contribution in [2.45, 2.75) is 37.2 Å². The molecule has 2 atom stereocenters. The van der Waals surface area contributed by atoms with Crippen molar-refractivity contribution in [1.29, 1.82) is 0 Å². The first-order chi connectivity index (χ1) is 15.3. The standard InChI is InChI=1S/C23H24N4O3S2/c1-4-18-8-9-21(24-12-18)26-13-16(2)27(17(3)14-26)22(28)10-11-32(29,30)20-7-5-6-19-23(20)31-15-25-19/h1,5-9,12,15-17H,10-11,13-14H2,2-3H3. The van der Waals surface area contributed by atoms with Gasteiger partial charge in [0.15, 0.2) is 9.84 Å². The van der Waals surface area contributed by atoms with Gasteiger partial charge in [0.1, 0.15) is 5.82 Å². The number of carbonyl (C=O) groups is 1. The number of nitrogens with zero attached hydrogens (tertiary/aromatic N) is 4. The third-order valence-corrected chi connectivity index (χ3v) is 8.44. The number of benzene rings is 1. The molecule has 1 amide bonds. The number of thiazole rings is 1. The minimum atomic E-state index is -3.60. The molecule has 1 aliphatic heterocycles. The highest BCUT2D eigenvalue weighted by Gasteiger charge is 2.34. The van der Waals surface area contributed by atoms with E-state index in [4.69, 9.17) is 6.42 Å². The summed E-state index contributed by atoms with van der Waals surface area (Å²) < 4.78 is 26.6. The molecule has 1 fully saturated rings. The predicted molar refractivity (Wildman–Crippen MR) is 126 cm³/mol. The van der Waals surface area contributed by atoms with Gasteiger partial charge in [-0.2, -0.15) is 0 Å². The number of pyridine rings is 1. The molecular formula is C23H24N4O3S2. The van der Waals surface area contributed by atoms with E-state index in [1.165, 1.54) is 11.3 Å². The number of sulfone groups is 1. The van der Waals surface area contributed by atoms with Crippen LogP contribution in [0, 0.1) is 12.3 Å². The summed E-state index contributed by atoms with van der Waals surface area (Å²) in [6.07, 6.45) is 7.01. The van der Waals surface area contributed by atoms with Crippen molar-refractivity contribution in [3.8, 4) is 12.3 Å². The molecule has 0 spiro atoms. The Labute approximate surface area is 192 Å². The fourth-order valence-electron chi connectivity index (χ4n) is 4.23. The summed E-state index contributed by atoms with van der Waals surface area (Å²) >= 11 is 1.30. The van der Waals surface area contributed by atoms with E-state index in [1.54, 1.807) is 34.8 Å². The molecule has 32 heavy (non-hydrogen) atoms. The topological polar surface area (TPSA) is 83.5 Å². The first-order valence-electron chi connectivity index (χ1n) is 10.3. The van der Waals surface area contributed by atoms with Gasteiger partial charge in [0.2, 0.25) is 5.91 Å². The highest BCUT2D eigenvalue weighted by atomic mass is 32.2. The lowest BCUT2D eigenvalue weighted by molar-refractivity contribution is -0.135. The molecule has 1 saturated heterocycles. The number of anilines is 1. The third kappa shape index (κ3) is 4.33. The SMILES string of the molecule is C#Cc1ccc(N2CC(C)N(C(=O)CCS(=O)(=O)c3cccc4ncsc34)C(C)C2)nc1. The maximum Gasteiger partial charge on any atom is 0.224 e. The monoisotopic (exact) mass is 468 g/mol. The summed E-state index contributed by atoms with van der Waals surface area (Å²) in [5, 5.41) is 0. The number of aromatic nitrogens is 2. The Hall–Kier alpha value is -2.96. The smallest absolute Gasteiger partial charge is 0.224 e. The van der Waals surface area contributed by atoms with Gasteiger partial charge >= 0.3 is 0 Å². The molecule has 0 radical (unpaired) electrons. The third-order valence-electron chi connectivity index (χ3n) is 5.69.